The maximum absolute atomic E-state index is 14.4. The molecule has 0 aliphatic rings. The lowest BCUT2D eigenvalue weighted by Crippen LogP contribution is -2.05. The monoisotopic (exact) mass is 378 g/mol. The van der Waals surface area contributed by atoms with Crippen LogP contribution >= 0.6 is 0 Å². The minimum atomic E-state index is -0.432. The summed E-state index contributed by atoms with van der Waals surface area (Å²) in [6.07, 6.45) is 0.671. The lowest BCUT2D eigenvalue weighted by Gasteiger charge is -2.12. The maximum Gasteiger partial charge on any atom is 0.306 e. The van der Waals surface area contributed by atoms with Crippen molar-refractivity contribution in [3.05, 3.63) is 89.7 Å². The summed E-state index contributed by atoms with van der Waals surface area (Å²) in [6.45, 7) is 2.38. The zero-order valence-corrected chi connectivity index (χ0v) is 15.9. The van der Waals surface area contributed by atoms with E-state index in [1.165, 1.54) is 6.07 Å². The molecule has 0 N–H and O–H groups in total. The molecule has 3 nitrogen and oxygen atoms in total. The summed E-state index contributed by atoms with van der Waals surface area (Å²) in [5.41, 5.74) is 3.88. The molecule has 0 bridgehead atoms. The normalized spacial score (nSPS) is 10.5. The van der Waals surface area contributed by atoms with Gasteiger partial charge in [-0.2, -0.15) is 0 Å². The summed E-state index contributed by atoms with van der Waals surface area (Å²) in [4.78, 5) is 11.4. The second-order valence-corrected chi connectivity index (χ2v) is 6.38. The van der Waals surface area contributed by atoms with E-state index in [-0.39, 0.29) is 24.7 Å². The van der Waals surface area contributed by atoms with E-state index in [4.69, 9.17) is 9.47 Å². The Kier molecular flexibility index (Phi) is 6.79. The van der Waals surface area contributed by atoms with Crippen molar-refractivity contribution >= 4 is 5.97 Å². The minimum absolute atomic E-state index is 0.197. The van der Waals surface area contributed by atoms with Crippen LogP contribution < -0.4 is 4.74 Å². The molecule has 0 aliphatic carbocycles. The highest BCUT2D eigenvalue weighted by atomic mass is 19.1. The number of benzene rings is 3. The van der Waals surface area contributed by atoms with Crippen molar-refractivity contribution in [1.29, 1.82) is 0 Å². The van der Waals surface area contributed by atoms with Crippen molar-refractivity contribution in [3.63, 3.8) is 0 Å². The summed E-state index contributed by atoms with van der Waals surface area (Å²) in [5.74, 6) is -0.512. The highest BCUT2D eigenvalue weighted by molar-refractivity contribution is 5.69. The molecule has 28 heavy (non-hydrogen) atoms. The van der Waals surface area contributed by atoms with Gasteiger partial charge in [0.1, 0.15) is 6.61 Å². The van der Waals surface area contributed by atoms with E-state index < -0.39 is 5.82 Å². The maximum atomic E-state index is 14.4. The van der Waals surface area contributed by atoms with E-state index in [1.807, 2.05) is 54.6 Å². The van der Waals surface area contributed by atoms with Crippen molar-refractivity contribution in [3.8, 4) is 16.9 Å². The molecular formula is C24H23FO3. The van der Waals surface area contributed by atoms with Gasteiger partial charge in [0, 0.05) is 6.42 Å². The fourth-order valence-electron chi connectivity index (χ4n) is 3.00. The molecule has 0 unspecified atom stereocenters. The van der Waals surface area contributed by atoms with Crippen LogP contribution in [0.15, 0.2) is 72.8 Å². The van der Waals surface area contributed by atoms with Crippen LogP contribution in [0.1, 0.15) is 24.5 Å². The van der Waals surface area contributed by atoms with Gasteiger partial charge in [0.15, 0.2) is 11.6 Å². The zero-order chi connectivity index (χ0) is 19.8. The topological polar surface area (TPSA) is 35.5 Å². The molecule has 0 radical (unpaired) electrons. The molecule has 0 saturated heterocycles. The minimum Gasteiger partial charge on any atom is -0.486 e. The third kappa shape index (κ3) is 5.19. The Balaban J connectivity index is 1.66. The summed E-state index contributed by atoms with van der Waals surface area (Å²) in [6, 6.07) is 22.8. The second-order valence-electron chi connectivity index (χ2n) is 6.38. The Bertz CT molecular complexity index is 922. The highest BCUT2D eigenvalue weighted by Gasteiger charge is 2.10. The predicted molar refractivity (Wildman–Crippen MR) is 108 cm³/mol. The van der Waals surface area contributed by atoms with Crippen LogP contribution in [0.25, 0.3) is 11.1 Å². The van der Waals surface area contributed by atoms with Crippen LogP contribution in [0.2, 0.25) is 0 Å². The lowest BCUT2D eigenvalue weighted by atomic mass is 10.0. The first kappa shape index (κ1) is 19.6. The number of carbonyl (C=O) groups is 1. The van der Waals surface area contributed by atoms with E-state index in [0.29, 0.717) is 13.0 Å². The van der Waals surface area contributed by atoms with Crippen molar-refractivity contribution in [2.75, 3.05) is 6.61 Å². The molecule has 0 fully saturated rings. The molecule has 144 valence electrons. The van der Waals surface area contributed by atoms with Crippen molar-refractivity contribution in [2.45, 2.75) is 26.4 Å². The molecule has 0 atom stereocenters. The predicted octanol–water partition coefficient (Wildman–Crippen LogP) is 5.57. The van der Waals surface area contributed by atoms with E-state index in [2.05, 4.69) is 0 Å². The first-order valence-corrected chi connectivity index (χ1v) is 9.37. The molecule has 3 aromatic rings. The summed E-state index contributed by atoms with van der Waals surface area (Å²) >= 11 is 0. The summed E-state index contributed by atoms with van der Waals surface area (Å²) in [5, 5.41) is 0. The number of carbonyl (C=O) groups excluding carboxylic acids is 1. The molecule has 0 aromatic heterocycles. The van der Waals surface area contributed by atoms with E-state index in [1.54, 1.807) is 19.1 Å². The van der Waals surface area contributed by atoms with Crippen LogP contribution in [-0.2, 0) is 22.6 Å². The molecule has 3 rings (SSSR count). The molecule has 0 spiro atoms. The van der Waals surface area contributed by atoms with Gasteiger partial charge in [-0.1, -0.05) is 60.7 Å². The number of halogens is 1. The summed E-state index contributed by atoms with van der Waals surface area (Å²) in [7, 11) is 0. The van der Waals surface area contributed by atoms with Gasteiger partial charge in [-0.3, -0.25) is 4.79 Å². The van der Waals surface area contributed by atoms with Gasteiger partial charge in [0.25, 0.3) is 0 Å². The van der Waals surface area contributed by atoms with Gasteiger partial charge in [-0.05, 0) is 47.7 Å². The third-order valence-corrected chi connectivity index (χ3v) is 4.40. The Labute approximate surface area is 164 Å². The molecule has 4 heteroatoms. The Morgan fingerprint density at radius 1 is 0.964 bits per heavy atom. The quantitative estimate of drug-likeness (QED) is 0.481. The molecule has 0 aliphatic heterocycles. The Hall–Kier alpha value is -3.14. The molecule has 0 saturated carbocycles. The fraction of sp³-hybridized carbons (Fsp3) is 0.208. The summed E-state index contributed by atoms with van der Waals surface area (Å²) < 4.78 is 25.0. The van der Waals surface area contributed by atoms with Gasteiger partial charge in [-0.25, -0.2) is 4.39 Å². The van der Waals surface area contributed by atoms with Crippen molar-refractivity contribution in [1.82, 2.24) is 0 Å². The van der Waals surface area contributed by atoms with Gasteiger partial charge in [-0.15, -0.1) is 0 Å². The average molecular weight is 378 g/mol. The molecule has 0 heterocycles. The van der Waals surface area contributed by atoms with Crippen LogP contribution in [0.3, 0.4) is 0 Å². The molecule has 3 aromatic carbocycles. The smallest absolute Gasteiger partial charge is 0.306 e. The molecular weight excluding hydrogens is 355 g/mol. The zero-order valence-electron chi connectivity index (χ0n) is 15.9. The Morgan fingerprint density at radius 3 is 2.46 bits per heavy atom. The first-order valence-electron chi connectivity index (χ1n) is 9.37. The van der Waals surface area contributed by atoms with E-state index >= 15 is 0 Å². The molecule has 0 amide bonds. The SMILES string of the molecule is CCOC(=O)CCc1ccc(OCc2ccccc2-c2ccccc2)c(F)c1. The number of hydrogen-bond donors (Lipinski definition) is 0. The van der Waals surface area contributed by atoms with Gasteiger partial charge in [0.2, 0.25) is 0 Å². The van der Waals surface area contributed by atoms with Crippen molar-refractivity contribution < 1.29 is 18.7 Å². The van der Waals surface area contributed by atoms with Crippen molar-refractivity contribution in [2.24, 2.45) is 0 Å². The standard InChI is InChI=1S/C24H23FO3/c1-2-27-24(26)15-13-18-12-14-23(22(25)16-18)28-17-20-10-6-7-11-21(20)19-8-4-3-5-9-19/h3-12,14,16H,2,13,15,17H2,1H3. The second kappa shape index (κ2) is 9.70. The number of hydrogen-bond acceptors (Lipinski definition) is 3. The van der Waals surface area contributed by atoms with Gasteiger partial charge in [0.05, 0.1) is 6.61 Å². The number of aryl methyl sites for hydroxylation is 1. The van der Waals surface area contributed by atoms with Gasteiger partial charge >= 0.3 is 5.97 Å². The number of rotatable bonds is 8. The van der Waals surface area contributed by atoms with Crippen LogP contribution in [0, 0.1) is 5.82 Å². The van der Waals surface area contributed by atoms with E-state index in [0.717, 1.165) is 22.3 Å². The number of ether oxygens (including phenoxy) is 2. The third-order valence-electron chi connectivity index (χ3n) is 4.40. The first-order chi connectivity index (χ1) is 13.7. The Morgan fingerprint density at radius 2 is 1.71 bits per heavy atom. The highest BCUT2D eigenvalue weighted by Crippen LogP contribution is 2.26. The van der Waals surface area contributed by atoms with Crippen LogP contribution in [0.4, 0.5) is 4.39 Å². The average Bonchev–Trinajstić information content (AvgIpc) is 2.73. The largest absolute Gasteiger partial charge is 0.486 e. The fourth-order valence-corrected chi connectivity index (χ4v) is 3.00. The van der Waals surface area contributed by atoms with Gasteiger partial charge < -0.3 is 9.47 Å². The van der Waals surface area contributed by atoms with Crippen LogP contribution in [-0.4, -0.2) is 12.6 Å². The number of esters is 1. The van der Waals surface area contributed by atoms with Crippen LogP contribution in [0.5, 0.6) is 5.75 Å². The lowest BCUT2D eigenvalue weighted by molar-refractivity contribution is -0.143. The van der Waals surface area contributed by atoms with E-state index in [9.17, 15) is 9.18 Å².